The van der Waals surface area contributed by atoms with Gasteiger partial charge in [-0.1, -0.05) is 37.1 Å². The van der Waals surface area contributed by atoms with Gasteiger partial charge in [0, 0.05) is 31.7 Å². The molecule has 3 N–H and O–H groups in total. The molecule has 2 amide bonds. The average Bonchev–Trinajstić information content (AvgIpc) is 3.14. The van der Waals surface area contributed by atoms with Crippen LogP contribution in [0.25, 0.3) is 0 Å². The highest BCUT2D eigenvalue weighted by Gasteiger charge is 2.25. The second-order valence-electron chi connectivity index (χ2n) is 7.41. The molecular weight excluding hydrogens is 314 g/mol. The maximum absolute atomic E-state index is 12.3. The maximum Gasteiger partial charge on any atom is 0.315 e. The second kappa shape index (κ2) is 9.20. The van der Waals surface area contributed by atoms with Crippen LogP contribution >= 0.6 is 0 Å². The van der Waals surface area contributed by atoms with E-state index in [2.05, 4.69) is 33.7 Å². The molecular formula is C20H31N3O2. The third kappa shape index (κ3) is 5.19. The van der Waals surface area contributed by atoms with Gasteiger partial charge in [0.15, 0.2) is 0 Å². The number of rotatable bonds is 6. The summed E-state index contributed by atoms with van der Waals surface area (Å²) in [5, 5.41) is 15.5. The Hall–Kier alpha value is -1.59. The van der Waals surface area contributed by atoms with E-state index in [1.54, 1.807) is 0 Å². The van der Waals surface area contributed by atoms with Crippen LogP contribution in [-0.4, -0.2) is 41.8 Å². The van der Waals surface area contributed by atoms with Crippen LogP contribution < -0.4 is 10.6 Å². The Morgan fingerprint density at radius 3 is 2.56 bits per heavy atom. The molecule has 3 rings (SSSR count). The first kappa shape index (κ1) is 18.2. The zero-order valence-electron chi connectivity index (χ0n) is 15.0. The van der Waals surface area contributed by atoms with Crippen molar-refractivity contribution in [2.24, 2.45) is 5.92 Å². The first-order valence-electron chi connectivity index (χ1n) is 9.70. The van der Waals surface area contributed by atoms with Crippen molar-refractivity contribution in [3.8, 4) is 0 Å². The summed E-state index contributed by atoms with van der Waals surface area (Å²) in [6.07, 6.45) is 6.81. The number of aliphatic hydroxyl groups excluding tert-OH is 1. The van der Waals surface area contributed by atoms with Crippen molar-refractivity contribution in [3.05, 3.63) is 35.4 Å². The van der Waals surface area contributed by atoms with E-state index in [9.17, 15) is 9.90 Å². The molecule has 2 aliphatic rings. The molecule has 1 aromatic rings. The van der Waals surface area contributed by atoms with Gasteiger partial charge in [-0.2, -0.15) is 0 Å². The molecule has 0 unspecified atom stereocenters. The van der Waals surface area contributed by atoms with Crippen molar-refractivity contribution >= 4 is 6.03 Å². The third-order valence-electron chi connectivity index (χ3n) is 5.61. The number of urea groups is 1. The molecule has 1 saturated heterocycles. The van der Waals surface area contributed by atoms with Gasteiger partial charge in [-0.25, -0.2) is 4.79 Å². The Balaban J connectivity index is 1.51. The average molecular weight is 345 g/mol. The number of likely N-dealkylation sites (tertiary alicyclic amines) is 1. The number of nitrogens with one attached hydrogen (secondary N) is 2. The number of benzene rings is 1. The summed E-state index contributed by atoms with van der Waals surface area (Å²) >= 11 is 0. The molecule has 25 heavy (non-hydrogen) atoms. The van der Waals surface area contributed by atoms with Gasteiger partial charge in [0.2, 0.25) is 0 Å². The van der Waals surface area contributed by atoms with E-state index in [0.29, 0.717) is 6.54 Å². The van der Waals surface area contributed by atoms with E-state index in [-0.39, 0.29) is 24.6 Å². The molecule has 2 atom stereocenters. The standard InChI is InChI=1S/C20H31N3O2/c24-15-18-9-3-4-10-19(18)22-20(25)21-13-16-7-1-2-8-17(16)14-23-11-5-6-12-23/h1-2,7-8,18-19,24H,3-6,9-15H2,(H2,21,22,25)/t18-,19+/m1/s1. The molecule has 0 radical (unpaired) electrons. The summed E-state index contributed by atoms with van der Waals surface area (Å²) in [6.45, 7) is 4.02. The summed E-state index contributed by atoms with van der Waals surface area (Å²) in [5.41, 5.74) is 2.49. The number of carbonyl (C=O) groups excluding carboxylic acids is 1. The van der Waals surface area contributed by atoms with Crippen molar-refractivity contribution in [2.45, 2.75) is 57.7 Å². The lowest BCUT2D eigenvalue weighted by molar-refractivity contribution is 0.153. The molecule has 1 aromatic carbocycles. The highest BCUT2D eigenvalue weighted by molar-refractivity contribution is 5.74. The van der Waals surface area contributed by atoms with E-state index in [1.807, 2.05) is 6.07 Å². The number of aliphatic hydroxyl groups is 1. The van der Waals surface area contributed by atoms with Crippen molar-refractivity contribution in [3.63, 3.8) is 0 Å². The molecule has 0 spiro atoms. The Bertz CT molecular complexity index is 558. The first-order valence-corrected chi connectivity index (χ1v) is 9.70. The van der Waals surface area contributed by atoms with Gasteiger partial charge in [0.25, 0.3) is 0 Å². The molecule has 5 heteroatoms. The number of hydrogen-bond acceptors (Lipinski definition) is 3. The largest absolute Gasteiger partial charge is 0.396 e. The molecule has 1 aliphatic carbocycles. The van der Waals surface area contributed by atoms with Gasteiger partial charge in [-0.05, 0) is 49.9 Å². The number of hydrogen-bond donors (Lipinski definition) is 3. The minimum absolute atomic E-state index is 0.0959. The van der Waals surface area contributed by atoms with E-state index in [1.165, 1.54) is 37.1 Å². The molecule has 138 valence electrons. The van der Waals surface area contributed by atoms with Crippen molar-refractivity contribution in [1.82, 2.24) is 15.5 Å². The first-order chi connectivity index (χ1) is 12.3. The predicted octanol–water partition coefficient (Wildman–Crippen LogP) is 2.63. The smallest absolute Gasteiger partial charge is 0.315 e. The lowest BCUT2D eigenvalue weighted by atomic mass is 9.85. The highest BCUT2D eigenvalue weighted by Crippen LogP contribution is 2.24. The highest BCUT2D eigenvalue weighted by atomic mass is 16.3. The Morgan fingerprint density at radius 2 is 1.80 bits per heavy atom. The zero-order valence-corrected chi connectivity index (χ0v) is 15.0. The summed E-state index contributed by atoms with van der Waals surface area (Å²) in [5.74, 6) is 0.196. The van der Waals surface area contributed by atoms with E-state index < -0.39 is 0 Å². The fourth-order valence-electron chi connectivity index (χ4n) is 4.08. The number of carbonyl (C=O) groups is 1. The molecule has 2 fully saturated rings. The molecule has 1 heterocycles. The van der Waals surface area contributed by atoms with Crippen LogP contribution in [-0.2, 0) is 13.1 Å². The van der Waals surface area contributed by atoms with Gasteiger partial charge in [-0.15, -0.1) is 0 Å². The van der Waals surface area contributed by atoms with Gasteiger partial charge in [0.1, 0.15) is 0 Å². The van der Waals surface area contributed by atoms with Gasteiger partial charge in [0.05, 0.1) is 0 Å². The van der Waals surface area contributed by atoms with E-state index >= 15 is 0 Å². The Morgan fingerprint density at radius 1 is 1.08 bits per heavy atom. The summed E-state index contributed by atoms with van der Waals surface area (Å²) in [6, 6.07) is 8.34. The van der Waals surface area contributed by atoms with Gasteiger partial charge < -0.3 is 15.7 Å². The lowest BCUT2D eigenvalue weighted by Gasteiger charge is -2.30. The van der Waals surface area contributed by atoms with Crippen LogP contribution in [0.2, 0.25) is 0 Å². The Labute approximate surface area is 150 Å². The minimum Gasteiger partial charge on any atom is -0.396 e. The van der Waals surface area contributed by atoms with Crippen molar-refractivity contribution in [2.75, 3.05) is 19.7 Å². The molecule has 0 bridgehead atoms. The predicted molar refractivity (Wildman–Crippen MR) is 99.2 cm³/mol. The fraction of sp³-hybridized carbons (Fsp3) is 0.650. The fourth-order valence-corrected chi connectivity index (χ4v) is 4.08. The summed E-state index contributed by atoms with van der Waals surface area (Å²) < 4.78 is 0. The quantitative estimate of drug-likeness (QED) is 0.743. The molecule has 5 nitrogen and oxygen atoms in total. The maximum atomic E-state index is 12.3. The normalized spacial score (nSPS) is 24.2. The number of amides is 2. The second-order valence-corrected chi connectivity index (χ2v) is 7.41. The Kier molecular flexibility index (Phi) is 6.70. The van der Waals surface area contributed by atoms with Gasteiger partial charge in [-0.3, -0.25) is 4.90 Å². The number of nitrogens with zero attached hydrogens (tertiary/aromatic N) is 1. The van der Waals surface area contributed by atoms with Crippen molar-refractivity contribution in [1.29, 1.82) is 0 Å². The van der Waals surface area contributed by atoms with Crippen LogP contribution in [0.4, 0.5) is 4.79 Å². The molecule has 1 saturated carbocycles. The summed E-state index contributed by atoms with van der Waals surface area (Å²) in [7, 11) is 0. The van der Waals surface area contributed by atoms with Crippen LogP contribution in [0.15, 0.2) is 24.3 Å². The van der Waals surface area contributed by atoms with E-state index in [4.69, 9.17) is 0 Å². The van der Waals surface area contributed by atoms with E-state index in [0.717, 1.165) is 32.2 Å². The third-order valence-corrected chi connectivity index (χ3v) is 5.61. The van der Waals surface area contributed by atoms with Crippen LogP contribution in [0.3, 0.4) is 0 Å². The molecule has 0 aromatic heterocycles. The lowest BCUT2D eigenvalue weighted by Crippen LogP contribution is -2.47. The topological polar surface area (TPSA) is 64.6 Å². The SMILES string of the molecule is O=C(NCc1ccccc1CN1CCCC1)N[C@H]1CCCC[C@@H]1CO. The monoisotopic (exact) mass is 345 g/mol. The minimum atomic E-state index is -0.124. The van der Waals surface area contributed by atoms with Gasteiger partial charge >= 0.3 is 6.03 Å². The van der Waals surface area contributed by atoms with Crippen LogP contribution in [0.1, 0.15) is 49.7 Å². The van der Waals surface area contributed by atoms with Crippen LogP contribution in [0, 0.1) is 5.92 Å². The van der Waals surface area contributed by atoms with Crippen molar-refractivity contribution < 1.29 is 9.90 Å². The molecule has 1 aliphatic heterocycles. The zero-order chi connectivity index (χ0) is 17.5. The van der Waals surface area contributed by atoms with Crippen LogP contribution in [0.5, 0.6) is 0 Å². The summed E-state index contributed by atoms with van der Waals surface area (Å²) in [4.78, 5) is 14.8.